The smallest absolute Gasteiger partial charge is 0.313 e. The number of benzene rings is 1. The molecule has 104 valence electrons. The van der Waals surface area contributed by atoms with E-state index in [4.69, 9.17) is 0 Å². The molecule has 2 amide bonds. The van der Waals surface area contributed by atoms with E-state index in [1.807, 2.05) is 0 Å². The van der Waals surface area contributed by atoms with Gasteiger partial charge in [0.15, 0.2) is 0 Å². The average molecular weight is 275 g/mol. The quantitative estimate of drug-likeness (QED) is 0.746. The van der Waals surface area contributed by atoms with Gasteiger partial charge in [-0.3, -0.25) is 9.59 Å². The van der Waals surface area contributed by atoms with Crippen molar-refractivity contribution < 1.29 is 14.0 Å². The predicted molar refractivity (Wildman–Crippen MR) is 72.4 cm³/mol. The zero-order valence-corrected chi connectivity index (χ0v) is 10.9. The van der Waals surface area contributed by atoms with Gasteiger partial charge in [0.25, 0.3) is 0 Å². The van der Waals surface area contributed by atoms with Gasteiger partial charge in [-0.1, -0.05) is 12.1 Å². The highest BCUT2D eigenvalue weighted by Crippen LogP contribution is 2.16. The van der Waals surface area contributed by atoms with E-state index in [0.717, 1.165) is 5.69 Å². The Hall–Kier alpha value is -2.63. The molecule has 20 heavy (non-hydrogen) atoms. The van der Waals surface area contributed by atoms with E-state index < -0.39 is 17.6 Å². The van der Waals surface area contributed by atoms with Crippen LogP contribution in [0.1, 0.15) is 11.3 Å². The van der Waals surface area contributed by atoms with Gasteiger partial charge in [0.1, 0.15) is 5.82 Å². The summed E-state index contributed by atoms with van der Waals surface area (Å²) in [5.41, 5.74) is 1.16. The third kappa shape index (κ3) is 3.23. The molecule has 5 nitrogen and oxygen atoms in total. The third-order valence-electron chi connectivity index (χ3n) is 2.75. The van der Waals surface area contributed by atoms with Crippen LogP contribution >= 0.6 is 0 Å². The van der Waals surface area contributed by atoms with Crippen LogP contribution in [0.5, 0.6) is 0 Å². The first-order chi connectivity index (χ1) is 9.58. The summed E-state index contributed by atoms with van der Waals surface area (Å²) in [6.07, 6.45) is 1.71. The Balaban J connectivity index is 1.94. The first-order valence-corrected chi connectivity index (χ1v) is 6.04. The number of aromatic amines is 1. The fraction of sp³-hybridized carbons (Fsp3) is 0.143. The van der Waals surface area contributed by atoms with E-state index in [0.29, 0.717) is 5.56 Å². The molecular formula is C14H14FN3O2. The van der Waals surface area contributed by atoms with Crippen molar-refractivity contribution in [3.8, 4) is 0 Å². The second kappa shape index (κ2) is 6.01. The van der Waals surface area contributed by atoms with Crippen molar-refractivity contribution in [2.75, 3.05) is 5.32 Å². The summed E-state index contributed by atoms with van der Waals surface area (Å²) in [5.74, 6) is -2.26. The van der Waals surface area contributed by atoms with Crippen molar-refractivity contribution in [3.63, 3.8) is 0 Å². The van der Waals surface area contributed by atoms with Crippen LogP contribution in [0.3, 0.4) is 0 Å². The van der Waals surface area contributed by atoms with Crippen molar-refractivity contribution in [2.24, 2.45) is 0 Å². The lowest BCUT2D eigenvalue weighted by Gasteiger charge is -2.08. The third-order valence-corrected chi connectivity index (χ3v) is 2.75. The zero-order valence-electron chi connectivity index (χ0n) is 10.9. The topological polar surface area (TPSA) is 74.0 Å². The van der Waals surface area contributed by atoms with Crippen LogP contribution in [0.4, 0.5) is 10.1 Å². The van der Waals surface area contributed by atoms with Gasteiger partial charge in [0.05, 0.1) is 12.2 Å². The second-order valence-corrected chi connectivity index (χ2v) is 4.27. The molecule has 0 radical (unpaired) electrons. The molecule has 3 N–H and O–H groups in total. The van der Waals surface area contributed by atoms with Gasteiger partial charge >= 0.3 is 11.8 Å². The van der Waals surface area contributed by atoms with Crippen LogP contribution in [0.2, 0.25) is 0 Å². The molecule has 1 aromatic heterocycles. The fourth-order valence-corrected chi connectivity index (χ4v) is 1.66. The van der Waals surface area contributed by atoms with Gasteiger partial charge in [-0.05, 0) is 30.7 Å². The molecular weight excluding hydrogens is 261 g/mol. The largest absolute Gasteiger partial charge is 0.364 e. The molecule has 2 rings (SSSR count). The number of aryl methyl sites for hydroxylation is 1. The van der Waals surface area contributed by atoms with Crippen LogP contribution in [-0.4, -0.2) is 16.8 Å². The number of nitrogens with one attached hydrogen (secondary N) is 3. The van der Waals surface area contributed by atoms with Crippen LogP contribution < -0.4 is 10.6 Å². The van der Waals surface area contributed by atoms with Gasteiger partial charge in [-0.25, -0.2) is 4.39 Å². The molecule has 0 bridgehead atoms. The number of carbonyl (C=O) groups excluding carboxylic acids is 2. The number of hydrogen-bond acceptors (Lipinski definition) is 2. The van der Waals surface area contributed by atoms with Crippen LogP contribution in [0.15, 0.2) is 36.5 Å². The van der Waals surface area contributed by atoms with Crippen molar-refractivity contribution >= 4 is 17.5 Å². The van der Waals surface area contributed by atoms with Gasteiger partial charge in [-0.2, -0.15) is 0 Å². The SMILES string of the molecule is Cc1cccc(NC(=O)C(=O)NCc2ccc[nH]2)c1F. The monoisotopic (exact) mass is 275 g/mol. The number of halogens is 1. The molecule has 1 aromatic carbocycles. The van der Waals surface area contributed by atoms with Crippen molar-refractivity contribution in [1.29, 1.82) is 0 Å². The van der Waals surface area contributed by atoms with Crippen LogP contribution in [0, 0.1) is 12.7 Å². The average Bonchev–Trinajstić information content (AvgIpc) is 2.94. The number of aromatic nitrogens is 1. The Morgan fingerprint density at radius 2 is 2.00 bits per heavy atom. The number of carbonyl (C=O) groups is 2. The standard InChI is InChI=1S/C14H14FN3O2/c1-9-4-2-6-11(12(9)15)18-14(20)13(19)17-8-10-5-3-7-16-10/h2-7,16H,8H2,1H3,(H,17,19)(H,18,20). The minimum absolute atomic E-state index is 0.00924. The summed E-state index contributed by atoms with van der Waals surface area (Å²) < 4.78 is 13.7. The summed E-state index contributed by atoms with van der Waals surface area (Å²) in [4.78, 5) is 26.1. The Labute approximate surface area is 115 Å². The van der Waals surface area contributed by atoms with E-state index in [-0.39, 0.29) is 12.2 Å². The number of amides is 2. The number of hydrogen-bond donors (Lipinski definition) is 3. The lowest BCUT2D eigenvalue weighted by atomic mass is 10.2. The van der Waals surface area contributed by atoms with E-state index in [2.05, 4.69) is 15.6 Å². The number of H-pyrrole nitrogens is 1. The lowest BCUT2D eigenvalue weighted by Crippen LogP contribution is -2.35. The molecule has 0 aliphatic heterocycles. The first-order valence-electron chi connectivity index (χ1n) is 6.04. The zero-order chi connectivity index (χ0) is 14.5. The van der Waals surface area contributed by atoms with E-state index in [9.17, 15) is 14.0 Å². The van der Waals surface area contributed by atoms with Crippen molar-refractivity contribution in [1.82, 2.24) is 10.3 Å². The minimum atomic E-state index is -0.902. The Kier molecular flexibility index (Phi) is 4.14. The molecule has 0 saturated heterocycles. The summed E-state index contributed by atoms with van der Waals surface area (Å²) in [5, 5.41) is 4.68. The molecule has 6 heteroatoms. The highest BCUT2D eigenvalue weighted by Gasteiger charge is 2.15. The van der Waals surface area contributed by atoms with E-state index in [1.54, 1.807) is 37.4 Å². The Morgan fingerprint density at radius 3 is 2.70 bits per heavy atom. The number of rotatable bonds is 3. The molecule has 0 aliphatic carbocycles. The highest BCUT2D eigenvalue weighted by atomic mass is 19.1. The van der Waals surface area contributed by atoms with E-state index in [1.165, 1.54) is 6.07 Å². The van der Waals surface area contributed by atoms with Gasteiger partial charge in [0, 0.05) is 11.9 Å². The normalized spacial score (nSPS) is 10.1. The molecule has 2 aromatic rings. The Bertz CT molecular complexity index is 623. The lowest BCUT2D eigenvalue weighted by molar-refractivity contribution is -0.136. The Morgan fingerprint density at radius 1 is 1.20 bits per heavy atom. The molecule has 0 atom stereocenters. The summed E-state index contributed by atoms with van der Waals surface area (Å²) >= 11 is 0. The van der Waals surface area contributed by atoms with Crippen molar-refractivity contribution in [3.05, 3.63) is 53.6 Å². The summed E-state index contributed by atoms with van der Waals surface area (Å²) in [6, 6.07) is 8.14. The molecule has 0 aliphatic rings. The maximum absolute atomic E-state index is 13.7. The van der Waals surface area contributed by atoms with Gasteiger partial charge in [-0.15, -0.1) is 0 Å². The van der Waals surface area contributed by atoms with Crippen molar-refractivity contribution in [2.45, 2.75) is 13.5 Å². The maximum atomic E-state index is 13.7. The first kappa shape index (κ1) is 13.8. The molecule has 0 spiro atoms. The summed E-state index contributed by atoms with van der Waals surface area (Å²) in [7, 11) is 0. The minimum Gasteiger partial charge on any atom is -0.364 e. The van der Waals surface area contributed by atoms with Crippen LogP contribution in [0.25, 0.3) is 0 Å². The fourth-order valence-electron chi connectivity index (χ4n) is 1.66. The molecule has 0 unspecified atom stereocenters. The van der Waals surface area contributed by atoms with Gasteiger partial charge < -0.3 is 15.6 Å². The number of anilines is 1. The van der Waals surface area contributed by atoms with E-state index >= 15 is 0 Å². The highest BCUT2D eigenvalue weighted by molar-refractivity contribution is 6.39. The molecule has 1 heterocycles. The molecule has 0 saturated carbocycles. The predicted octanol–water partition coefficient (Wildman–Crippen LogP) is 1.72. The van der Waals surface area contributed by atoms with Gasteiger partial charge in [0.2, 0.25) is 0 Å². The summed E-state index contributed by atoms with van der Waals surface area (Å²) in [6.45, 7) is 1.78. The maximum Gasteiger partial charge on any atom is 0.313 e. The second-order valence-electron chi connectivity index (χ2n) is 4.27. The molecule has 0 fully saturated rings. The van der Waals surface area contributed by atoms with Crippen LogP contribution in [-0.2, 0) is 16.1 Å².